The van der Waals surface area contributed by atoms with Crippen molar-refractivity contribution in [3.05, 3.63) is 63.7 Å². The molecule has 2 aromatic carbocycles. The van der Waals surface area contributed by atoms with Gasteiger partial charge in [-0.1, -0.05) is 38.1 Å². The topological polar surface area (TPSA) is 89.8 Å². The van der Waals surface area contributed by atoms with Crippen molar-refractivity contribution in [2.75, 3.05) is 11.4 Å². The fraction of sp³-hybridized carbons (Fsp3) is 0.364. The maximum absolute atomic E-state index is 12.7. The van der Waals surface area contributed by atoms with E-state index in [4.69, 9.17) is 4.74 Å². The highest BCUT2D eigenvalue weighted by Crippen LogP contribution is 2.32. The molecule has 0 spiro atoms. The largest absolute Gasteiger partial charge is 0.426 e. The Balaban J connectivity index is 1.77. The number of nitro benzene ring substituents is 1. The van der Waals surface area contributed by atoms with Gasteiger partial charge >= 0.3 is 5.97 Å². The van der Waals surface area contributed by atoms with Crippen molar-refractivity contribution in [2.45, 2.75) is 39.5 Å². The maximum Gasteiger partial charge on any atom is 0.316 e. The van der Waals surface area contributed by atoms with Crippen molar-refractivity contribution < 1.29 is 19.2 Å². The second kappa shape index (κ2) is 8.43. The van der Waals surface area contributed by atoms with Crippen LogP contribution >= 0.6 is 0 Å². The minimum absolute atomic E-state index is 0.0198. The van der Waals surface area contributed by atoms with Gasteiger partial charge in [0.05, 0.1) is 16.5 Å². The Hall–Kier alpha value is -3.22. The maximum atomic E-state index is 12.7. The molecule has 1 aliphatic heterocycles. The van der Waals surface area contributed by atoms with Crippen LogP contribution in [0.3, 0.4) is 0 Å². The summed E-state index contributed by atoms with van der Waals surface area (Å²) in [5.74, 6) is -0.566. The first-order chi connectivity index (χ1) is 13.8. The average molecular weight is 396 g/mol. The predicted octanol–water partition coefficient (Wildman–Crippen LogP) is 4.38. The molecule has 1 aliphatic rings. The molecule has 2 aromatic rings. The van der Waals surface area contributed by atoms with Gasteiger partial charge in [-0.15, -0.1) is 0 Å². The first kappa shape index (κ1) is 20.5. The number of rotatable bonds is 6. The molecule has 0 saturated carbocycles. The standard InChI is InChI=1S/C22H24N2O5/c1-4-14(2)18-7-5-6-8-20(18)29-22(26)16-11-21(25)23(13-16)17-10-9-15(3)19(12-17)24(27)28/h5-10,12,14,16H,4,11,13H2,1-3H3/t14-,16-/m0/s1. The Labute approximate surface area is 169 Å². The molecular weight excluding hydrogens is 372 g/mol. The van der Waals surface area contributed by atoms with Gasteiger partial charge in [0.15, 0.2) is 0 Å². The van der Waals surface area contributed by atoms with Crippen molar-refractivity contribution in [1.29, 1.82) is 0 Å². The lowest BCUT2D eigenvalue weighted by Crippen LogP contribution is -2.27. The number of hydrogen-bond donors (Lipinski definition) is 0. The van der Waals surface area contributed by atoms with Crippen LogP contribution in [-0.4, -0.2) is 23.3 Å². The number of para-hydroxylation sites is 1. The van der Waals surface area contributed by atoms with Gasteiger partial charge in [-0.25, -0.2) is 0 Å². The number of nitrogens with zero attached hydrogens (tertiary/aromatic N) is 2. The Kier molecular flexibility index (Phi) is 5.96. The molecule has 0 aliphatic carbocycles. The van der Waals surface area contributed by atoms with Gasteiger partial charge in [-0.2, -0.15) is 0 Å². The number of hydrogen-bond acceptors (Lipinski definition) is 5. The Bertz CT molecular complexity index is 956. The summed E-state index contributed by atoms with van der Waals surface area (Å²) in [5, 5.41) is 11.2. The predicted molar refractivity (Wildman–Crippen MR) is 109 cm³/mol. The molecule has 1 fully saturated rings. The number of benzene rings is 2. The van der Waals surface area contributed by atoms with E-state index < -0.39 is 16.8 Å². The van der Waals surface area contributed by atoms with E-state index in [0.29, 0.717) is 17.0 Å². The molecule has 2 atom stereocenters. The highest BCUT2D eigenvalue weighted by Gasteiger charge is 2.37. The van der Waals surface area contributed by atoms with Gasteiger partial charge in [0, 0.05) is 24.6 Å². The fourth-order valence-electron chi connectivity index (χ4n) is 3.47. The highest BCUT2D eigenvalue weighted by atomic mass is 16.6. The first-order valence-corrected chi connectivity index (χ1v) is 9.67. The number of aryl methyl sites for hydroxylation is 1. The molecule has 1 saturated heterocycles. The zero-order valence-electron chi connectivity index (χ0n) is 16.8. The lowest BCUT2D eigenvalue weighted by molar-refractivity contribution is -0.385. The van der Waals surface area contributed by atoms with Crippen LogP contribution in [0.2, 0.25) is 0 Å². The Morgan fingerprint density at radius 1 is 1.31 bits per heavy atom. The third-order valence-electron chi connectivity index (χ3n) is 5.43. The number of amides is 1. The Morgan fingerprint density at radius 2 is 2.03 bits per heavy atom. The summed E-state index contributed by atoms with van der Waals surface area (Å²) in [6.45, 7) is 5.92. The van der Waals surface area contributed by atoms with Crippen LogP contribution < -0.4 is 9.64 Å². The van der Waals surface area contributed by atoms with Crippen LogP contribution in [0.5, 0.6) is 5.75 Å². The summed E-state index contributed by atoms with van der Waals surface area (Å²) in [6, 6.07) is 12.1. The molecule has 29 heavy (non-hydrogen) atoms. The zero-order valence-corrected chi connectivity index (χ0v) is 16.8. The molecule has 0 unspecified atom stereocenters. The van der Waals surface area contributed by atoms with Gasteiger partial charge < -0.3 is 9.64 Å². The van der Waals surface area contributed by atoms with Crippen LogP contribution in [-0.2, 0) is 9.59 Å². The highest BCUT2D eigenvalue weighted by molar-refractivity contribution is 6.00. The minimum atomic E-state index is -0.618. The summed E-state index contributed by atoms with van der Waals surface area (Å²) in [7, 11) is 0. The second-order valence-corrected chi connectivity index (χ2v) is 7.40. The Morgan fingerprint density at radius 3 is 2.72 bits per heavy atom. The average Bonchev–Trinajstić information content (AvgIpc) is 3.10. The molecular formula is C22H24N2O5. The van der Waals surface area contributed by atoms with Crippen molar-refractivity contribution >= 4 is 23.3 Å². The summed E-state index contributed by atoms with van der Waals surface area (Å²) in [5.41, 5.74) is 1.84. The number of carbonyl (C=O) groups is 2. The van der Waals surface area contributed by atoms with Crippen LogP contribution in [0.15, 0.2) is 42.5 Å². The van der Waals surface area contributed by atoms with Crippen LogP contribution in [0, 0.1) is 23.0 Å². The van der Waals surface area contributed by atoms with E-state index >= 15 is 0 Å². The van der Waals surface area contributed by atoms with E-state index in [1.54, 1.807) is 25.1 Å². The summed E-state index contributed by atoms with van der Waals surface area (Å²) in [6.07, 6.45) is 0.933. The molecule has 0 bridgehead atoms. The quantitative estimate of drug-likeness (QED) is 0.313. The first-order valence-electron chi connectivity index (χ1n) is 9.67. The number of anilines is 1. The van der Waals surface area contributed by atoms with Gasteiger partial charge in [0.25, 0.3) is 5.69 Å². The monoisotopic (exact) mass is 396 g/mol. The van der Waals surface area contributed by atoms with Crippen LogP contribution in [0.1, 0.15) is 43.7 Å². The zero-order chi connectivity index (χ0) is 21.1. The number of ether oxygens (including phenoxy) is 1. The molecule has 152 valence electrons. The number of carbonyl (C=O) groups excluding carboxylic acids is 2. The SMILES string of the molecule is CC[C@H](C)c1ccccc1OC(=O)[C@H]1CC(=O)N(c2ccc(C)c([N+](=O)[O-])c2)C1. The van der Waals surface area contributed by atoms with Gasteiger partial charge in [-0.3, -0.25) is 19.7 Å². The van der Waals surface area contributed by atoms with E-state index in [9.17, 15) is 19.7 Å². The van der Waals surface area contributed by atoms with Crippen molar-refractivity contribution in [3.63, 3.8) is 0 Å². The van der Waals surface area contributed by atoms with Crippen LogP contribution in [0.4, 0.5) is 11.4 Å². The van der Waals surface area contributed by atoms with E-state index in [0.717, 1.165) is 12.0 Å². The molecule has 1 heterocycles. The lowest BCUT2D eigenvalue weighted by Gasteiger charge is -2.18. The molecule has 7 heteroatoms. The normalized spacial score (nSPS) is 17.3. The lowest BCUT2D eigenvalue weighted by atomic mass is 9.98. The third kappa shape index (κ3) is 4.29. The van der Waals surface area contributed by atoms with Gasteiger partial charge in [-0.05, 0) is 37.0 Å². The molecule has 0 radical (unpaired) electrons. The molecule has 7 nitrogen and oxygen atoms in total. The number of esters is 1. The van der Waals surface area contributed by atoms with Crippen molar-refractivity contribution in [2.24, 2.45) is 5.92 Å². The summed E-state index contributed by atoms with van der Waals surface area (Å²) < 4.78 is 5.64. The van der Waals surface area contributed by atoms with Crippen molar-refractivity contribution in [1.82, 2.24) is 0 Å². The van der Waals surface area contributed by atoms with Gasteiger partial charge in [0.2, 0.25) is 5.91 Å². The van der Waals surface area contributed by atoms with E-state index in [2.05, 4.69) is 13.8 Å². The van der Waals surface area contributed by atoms with E-state index in [-0.39, 0.29) is 30.5 Å². The minimum Gasteiger partial charge on any atom is -0.426 e. The van der Waals surface area contributed by atoms with E-state index in [1.165, 1.54) is 11.0 Å². The van der Waals surface area contributed by atoms with Crippen LogP contribution in [0.25, 0.3) is 0 Å². The molecule has 0 aromatic heterocycles. The fourth-order valence-corrected chi connectivity index (χ4v) is 3.47. The van der Waals surface area contributed by atoms with Gasteiger partial charge in [0.1, 0.15) is 5.75 Å². The van der Waals surface area contributed by atoms with Crippen molar-refractivity contribution in [3.8, 4) is 5.75 Å². The number of nitro groups is 1. The summed E-state index contributed by atoms with van der Waals surface area (Å²) >= 11 is 0. The van der Waals surface area contributed by atoms with E-state index in [1.807, 2.05) is 18.2 Å². The second-order valence-electron chi connectivity index (χ2n) is 7.40. The smallest absolute Gasteiger partial charge is 0.316 e. The summed E-state index contributed by atoms with van der Waals surface area (Å²) in [4.78, 5) is 37.3. The molecule has 0 N–H and O–H groups in total. The third-order valence-corrected chi connectivity index (χ3v) is 5.43. The molecule has 3 rings (SSSR count). The molecule has 1 amide bonds.